The van der Waals surface area contributed by atoms with E-state index in [0.717, 1.165) is 24.5 Å². The zero-order chi connectivity index (χ0) is 13.8. The number of aryl methyl sites for hydroxylation is 1. The summed E-state index contributed by atoms with van der Waals surface area (Å²) in [6.45, 7) is 7.67. The number of amides is 1. The number of thiazole rings is 1. The molecule has 1 aromatic heterocycles. The van der Waals surface area contributed by atoms with Gasteiger partial charge in [0.25, 0.3) is 5.91 Å². The number of piperazine rings is 1. The van der Waals surface area contributed by atoms with E-state index in [-0.39, 0.29) is 12.0 Å². The van der Waals surface area contributed by atoms with Gasteiger partial charge in [0.15, 0.2) is 0 Å². The molecule has 0 radical (unpaired) electrons. The first-order chi connectivity index (χ1) is 9.10. The van der Waals surface area contributed by atoms with E-state index in [9.17, 15) is 9.90 Å². The highest BCUT2D eigenvalue weighted by Gasteiger charge is 2.24. The molecule has 0 bridgehead atoms. The van der Waals surface area contributed by atoms with E-state index < -0.39 is 0 Å². The van der Waals surface area contributed by atoms with Crippen molar-refractivity contribution in [3.8, 4) is 0 Å². The molecule has 1 fully saturated rings. The van der Waals surface area contributed by atoms with Crippen LogP contribution in [0.3, 0.4) is 0 Å². The summed E-state index contributed by atoms with van der Waals surface area (Å²) in [6, 6.07) is 0. The zero-order valence-corrected chi connectivity index (χ0v) is 12.3. The van der Waals surface area contributed by atoms with Gasteiger partial charge in [-0.25, -0.2) is 4.98 Å². The van der Waals surface area contributed by atoms with Gasteiger partial charge in [-0.3, -0.25) is 9.69 Å². The zero-order valence-electron chi connectivity index (χ0n) is 11.5. The lowest BCUT2D eigenvalue weighted by Gasteiger charge is -2.35. The average Bonchev–Trinajstić information content (AvgIpc) is 2.85. The number of rotatable bonds is 4. The number of carbonyl (C=O) groups excluding carboxylic acids is 1. The van der Waals surface area contributed by atoms with Gasteiger partial charge in [-0.05, 0) is 13.3 Å². The van der Waals surface area contributed by atoms with Crippen molar-refractivity contribution >= 4 is 17.2 Å². The third-order valence-corrected chi connectivity index (χ3v) is 4.21. The molecule has 1 aliphatic heterocycles. The number of hydrogen-bond donors (Lipinski definition) is 1. The second-order valence-electron chi connectivity index (χ2n) is 4.91. The van der Waals surface area contributed by atoms with E-state index in [0.29, 0.717) is 25.3 Å². The van der Waals surface area contributed by atoms with E-state index >= 15 is 0 Å². The molecule has 2 heterocycles. The molecular formula is C13H21N3O2S. The Hall–Kier alpha value is -0.980. The highest BCUT2D eigenvalue weighted by atomic mass is 32.1. The molecular weight excluding hydrogens is 262 g/mol. The summed E-state index contributed by atoms with van der Waals surface area (Å²) in [6.07, 6.45) is 0.514. The molecule has 1 saturated heterocycles. The molecule has 0 saturated carbocycles. The highest BCUT2D eigenvalue weighted by molar-refractivity contribution is 7.09. The molecule has 19 heavy (non-hydrogen) atoms. The molecule has 1 N–H and O–H groups in total. The first-order valence-corrected chi connectivity index (χ1v) is 7.60. The van der Waals surface area contributed by atoms with E-state index in [4.69, 9.17) is 0 Å². The topological polar surface area (TPSA) is 56.7 Å². The van der Waals surface area contributed by atoms with Crippen molar-refractivity contribution in [2.45, 2.75) is 26.4 Å². The summed E-state index contributed by atoms with van der Waals surface area (Å²) < 4.78 is 0. The molecule has 106 valence electrons. The molecule has 1 unspecified atom stereocenters. The third-order valence-electron chi connectivity index (χ3n) is 3.44. The predicted octanol–water partition coefficient (Wildman–Crippen LogP) is 0.980. The van der Waals surface area contributed by atoms with Crippen LogP contribution in [0.5, 0.6) is 0 Å². The van der Waals surface area contributed by atoms with Crippen LogP contribution < -0.4 is 0 Å². The van der Waals surface area contributed by atoms with Gasteiger partial charge in [-0.15, -0.1) is 11.3 Å². The number of aliphatic hydroxyl groups is 1. The molecule has 2 rings (SSSR count). The smallest absolute Gasteiger partial charge is 0.273 e. The van der Waals surface area contributed by atoms with Crippen LogP contribution >= 0.6 is 11.3 Å². The minimum absolute atomic E-state index is 0.0278. The molecule has 1 amide bonds. The Bertz CT molecular complexity index is 427. The Balaban J connectivity index is 1.84. The summed E-state index contributed by atoms with van der Waals surface area (Å²) in [5.41, 5.74) is 0.560. The Morgan fingerprint density at radius 3 is 2.68 bits per heavy atom. The lowest BCUT2D eigenvalue weighted by Crippen LogP contribution is -2.50. The van der Waals surface area contributed by atoms with E-state index in [2.05, 4.69) is 9.88 Å². The lowest BCUT2D eigenvalue weighted by molar-refractivity contribution is 0.0520. The van der Waals surface area contributed by atoms with Crippen molar-refractivity contribution in [3.05, 3.63) is 16.1 Å². The third kappa shape index (κ3) is 3.75. The second-order valence-corrected chi connectivity index (χ2v) is 5.97. The van der Waals surface area contributed by atoms with Crippen LogP contribution in [-0.4, -0.2) is 64.6 Å². The molecule has 1 atom stereocenters. The van der Waals surface area contributed by atoms with E-state index in [1.54, 1.807) is 0 Å². The summed E-state index contributed by atoms with van der Waals surface area (Å²) in [5.74, 6) is 0.0278. The molecule has 6 heteroatoms. The lowest BCUT2D eigenvalue weighted by atomic mass is 10.2. The first kappa shape index (κ1) is 14.4. The van der Waals surface area contributed by atoms with E-state index in [1.165, 1.54) is 11.3 Å². The monoisotopic (exact) mass is 283 g/mol. The van der Waals surface area contributed by atoms with Gasteiger partial charge in [-0.2, -0.15) is 0 Å². The Morgan fingerprint density at radius 2 is 2.16 bits per heavy atom. The van der Waals surface area contributed by atoms with Crippen LogP contribution in [0.15, 0.2) is 5.38 Å². The summed E-state index contributed by atoms with van der Waals surface area (Å²) >= 11 is 1.51. The molecule has 0 aromatic carbocycles. The van der Waals surface area contributed by atoms with Crippen molar-refractivity contribution in [2.24, 2.45) is 0 Å². The molecule has 5 nitrogen and oxygen atoms in total. The Labute approximate surface area is 117 Å². The second kappa shape index (κ2) is 6.45. The molecule has 1 aliphatic rings. The summed E-state index contributed by atoms with van der Waals surface area (Å²) in [5, 5.41) is 12.4. The van der Waals surface area contributed by atoms with E-state index in [1.807, 2.05) is 24.1 Å². The number of aliphatic hydroxyl groups excluding tert-OH is 1. The van der Waals surface area contributed by atoms with Gasteiger partial charge in [-0.1, -0.05) is 6.92 Å². The summed E-state index contributed by atoms with van der Waals surface area (Å²) in [4.78, 5) is 20.5. The Kier molecular flexibility index (Phi) is 4.90. The average molecular weight is 283 g/mol. The van der Waals surface area contributed by atoms with Crippen LogP contribution in [0.25, 0.3) is 0 Å². The Morgan fingerprint density at radius 1 is 1.47 bits per heavy atom. The maximum absolute atomic E-state index is 12.2. The fourth-order valence-electron chi connectivity index (χ4n) is 2.18. The minimum atomic E-state index is -0.261. The van der Waals surface area contributed by atoms with Crippen molar-refractivity contribution in [3.63, 3.8) is 0 Å². The van der Waals surface area contributed by atoms with Crippen LogP contribution in [-0.2, 0) is 0 Å². The SMILES string of the molecule is CCC(O)CN1CCN(C(=O)c2csc(C)n2)CC1. The maximum Gasteiger partial charge on any atom is 0.273 e. The summed E-state index contributed by atoms with van der Waals surface area (Å²) in [7, 11) is 0. The number of nitrogens with zero attached hydrogens (tertiary/aromatic N) is 3. The molecule has 0 aliphatic carbocycles. The number of hydrogen-bond acceptors (Lipinski definition) is 5. The van der Waals surface area contributed by atoms with Crippen molar-refractivity contribution in [2.75, 3.05) is 32.7 Å². The maximum atomic E-state index is 12.2. The van der Waals surface area contributed by atoms with Crippen molar-refractivity contribution in [1.82, 2.24) is 14.8 Å². The number of β-amino-alcohol motifs (C(OH)–C–C–N with tert-alkyl or cyclic N) is 1. The van der Waals surface area contributed by atoms with Gasteiger partial charge >= 0.3 is 0 Å². The van der Waals surface area contributed by atoms with Gasteiger partial charge in [0, 0.05) is 38.1 Å². The van der Waals surface area contributed by atoms with Gasteiger partial charge in [0.2, 0.25) is 0 Å². The fourth-order valence-corrected chi connectivity index (χ4v) is 2.77. The first-order valence-electron chi connectivity index (χ1n) is 6.72. The van der Waals surface area contributed by atoms with Crippen LogP contribution in [0.4, 0.5) is 0 Å². The largest absolute Gasteiger partial charge is 0.392 e. The normalized spacial score (nSPS) is 18.6. The van der Waals surface area contributed by atoms with Crippen molar-refractivity contribution in [1.29, 1.82) is 0 Å². The number of aromatic nitrogens is 1. The van der Waals surface area contributed by atoms with Crippen LogP contribution in [0.2, 0.25) is 0 Å². The van der Waals surface area contributed by atoms with Gasteiger partial charge in [0.1, 0.15) is 5.69 Å². The van der Waals surface area contributed by atoms with Crippen molar-refractivity contribution < 1.29 is 9.90 Å². The molecule has 0 spiro atoms. The van der Waals surface area contributed by atoms with Crippen LogP contribution in [0, 0.1) is 6.92 Å². The van der Waals surface area contributed by atoms with Crippen LogP contribution in [0.1, 0.15) is 28.8 Å². The predicted molar refractivity (Wildman–Crippen MR) is 75.5 cm³/mol. The minimum Gasteiger partial charge on any atom is -0.392 e. The fraction of sp³-hybridized carbons (Fsp3) is 0.692. The van der Waals surface area contributed by atoms with Gasteiger partial charge in [0.05, 0.1) is 11.1 Å². The standard InChI is InChI=1S/C13H21N3O2S/c1-3-11(17)8-15-4-6-16(7-5-15)13(18)12-9-19-10(2)14-12/h9,11,17H,3-8H2,1-2H3. The highest BCUT2D eigenvalue weighted by Crippen LogP contribution is 2.12. The molecule has 1 aromatic rings. The number of carbonyl (C=O) groups is 1. The van der Waals surface area contributed by atoms with Gasteiger partial charge < -0.3 is 10.0 Å². The quantitative estimate of drug-likeness (QED) is 0.895.